The molecular weight excluding hydrogens is 242 g/mol. The second kappa shape index (κ2) is 3.93. The Labute approximate surface area is 90.1 Å². The van der Waals surface area contributed by atoms with Gasteiger partial charge in [-0.15, -0.1) is 0 Å². The van der Waals surface area contributed by atoms with Crippen LogP contribution < -0.4 is 4.74 Å². The fraction of sp³-hybridized carbons (Fsp3) is 0.143. The van der Waals surface area contributed by atoms with Crippen LogP contribution in [0.5, 0.6) is 5.75 Å². The quantitative estimate of drug-likeness (QED) is 0.529. The molecule has 0 saturated heterocycles. The molecule has 1 nitrogen and oxygen atoms in total. The maximum atomic E-state index is 5.77. The van der Waals surface area contributed by atoms with Gasteiger partial charge in [-0.25, -0.2) is 0 Å². The summed E-state index contributed by atoms with van der Waals surface area (Å²) >= 11 is 22.9. The SMILES string of the molecule is COc1cc(Cl)c(Cl)c(Cl)c1Cl. The number of methoxy groups -OCH3 is 1. The van der Waals surface area contributed by atoms with Gasteiger partial charge in [-0.3, -0.25) is 0 Å². The van der Waals surface area contributed by atoms with E-state index in [1.807, 2.05) is 0 Å². The minimum absolute atomic E-state index is 0.211. The standard InChI is InChI=1S/C7H4Cl4O/c1-12-4-2-3(8)5(9)7(11)6(4)10/h2H,1H3. The summed E-state index contributed by atoms with van der Waals surface area (Å²) in [5, 5.41) is 1.04. The molecule has 0 fully saturated rings. The third-order valence-electron chi connectivity index (χ3n) is 1.29. The van der Waals surface area contributed by atoms with Crippen molar-refractivity contribution in [1.82, 2.24) is 0 Å². The predicted molar refractivity (Wildman–Crippen MR) is 53.0 cm³/mol. The molecule has 1 aromatic rings. The monoisotopic (exact) mass is 244 g/mol. The van der Waals surface area contributed by atoms with Crippen LogP contribution in [0.2, 0.25) is 20.1 Å². The lowest BCUT2D eigenvalue weighted by atomic mass is 10.3. The molecule has 0 aromatic heterocycles. The van der Waals surface area contributed by atoms with Gasteiger partial charge in [0.05, 0.1) is 22.2 Å². The van der Waals surface area contributed by atoms with Gasteiger partial charge in [0.25, 0.3) is 0 Å². The average molecular weight is 246 g/mol. The highest BCUT2D eigenvalue weighted by atomic mass is 35.5. The molecule has 1 rings (SSSR count). The molecule has 12 heavy (non-hydrogen) atoms. The normalized spacial score (nSPS) is 10.1. The molecule has 5 heteroatoms. The van der Waals surface area contributed by atoms with Crippen LogP contribution in [0.25, 0.3) is 0 Å². The molecule has 0 radical (unpaired) electrons. The van der Waals surface area contributed by atoms with Gasteiger partial charge in [0.1, 0.15) is 10.8 Å². The largest absolute Gasteiger partial charge is 0.495 e. The zero-order chi connectivity index (χ0) is 9.30. The first-order valence-corrected chi connectivity index (χ1v) is 4.46. The van der Waals surface area contributed by atoms with Crippen molar-refractivity contribution in [3.05, 3.63) is 26.2 Å². The number of rotatable bonds is 1. The van der Waals surface area contributed by atoms with Crippen LogP contribution in [0.4, 0.5) is 0 Å². The summed E-state index contributed by atoms with van der Waals surface area (Å²) in [7, 11) is 1.47. The number of hydrogen-bond acceptors (Lipinski definition) is 1. The van der Waals surface area contributed by atoms with Crippen LogP contribution in [-0.4, -0.2) is 7.11 Å². The zero-order valence-electron chi connectivity index (χ0n) is 6.00. The fourth-order valence-electron chi connectivity index (χ4n) is 0.700. The van der Waals surface area contributed by atoms with Crippen LogP contribution >= 0.6 is 46.4 Å². The van der Waals surface area contributed by atoms with Crippen molar-refractivity contribution < 1.29 is 4.74 Å². The second-order valence-electron chi connectivity index (χ2n) is 2.00. The van der Waals surface area contributed by atoms with Crippen LogP contribution in [0.1, 0.15) is 0 Å². The Balaban J connectivity index is 3.39. The molecule has 0 bridgehead atoms. The Morgan fingerprint density at radius 3 is 2.08 bits per heavy atom. The highest BCUT2D eigenvalue weighted by Crippen LogP contribution is 2.41. The Morgan fingerprint density at radius 1 is 1.00 bits per heavy atom. The van der Waals surface area contributed by atoms with Crippen molar-refractivity contribution in [1.29, 1.82) is 0 Å². The van der Waals surface area contributed by atoms with E-state index in [0.717, 1.165) is 0 Å². The van der Waals surface area contributed by atoms with Crippen molar-refractivity contribution in [2.24, 2.45) is 0 Å². The van der Waals surface area contributed by atoms with Gasteiger partial charge < -0.3 is 4.74 Å². The molecule has 0 saturated carbocycles. The summed E-state index contributed by atoms with van der Waals surface area (Å²) in [6, 6.07) is 1.51. The summed E-state index contributed by atoms with van der Waals surface area (Å²) in [4.78, 5) is 0. The summed E-state index contributed by atoms with van der Waals surface area (Å²) in [6.07, 6.45) is 0. The molecule has 1 aromatic carbocycles. The Bertz CT molecular complexity index is 311. The molecule has 0 N–H and O–H groups in total. The smallest absolute Gasteiger partial charge is 0.140 e. The molecule has 0 aliphatic carbocycles. The highest BCUT2D eigenvalue weighted by Gasteiger charge is 2.12. The van der Waals surface area contributed by atoms with Crippen LogP contribution in [-0.2, 0) is 0 Å². The minimum Gasteiger partial charge on any atom is -0.495 e. The van der Waals surface area contributed by atoms with Crippen molar-refractivity contribution >= 4 is 46.4 Å². The third-order valence-corrected chi connectivity index (χ3v) is 3.02. The summed E-state index contributed by atoms with van der Waals surface area (Å²) in [5.41, 5.74) is 0. The molecule has 0 spiro atoms. The minimum atomic E-state index is 0.211. The van der Waals surface area contributed by atoms with Crippen LogP contribution in [0.15, 0.2) is 6.07 Å². The average Bonchev–Trinajstić information content (AvgIpc) is 2.08. The highest BCUT2D eigenvalue weighted by molar-refractivity contribution is 6.52. The molecule has 66 valence electrons. The molecule has 0 heterocycles. The van der Waals surface area contributed by atoms with E-state index in [-0.39, 0.29) is 15.1 Å². The maximum absolute atomic E-state index is 5.77. The third kappa shape index (κ3) is 1.74. The lowest BCUT2D eigenvalue weighted by molar-refractivity contribution is 0.415. The number of hydrogen-bond donors (Lipinski definition) is 0. The van der Waals surface area contributed by atoms with Gasteiger partial charge in [0, 0.05) is 6.07 Å². The molecule has 0 aliphatic heterocycles. The van der Waals surface area contributed by atoms with E-state index < -0.39 is 0 Å². The van der Waals surface area contributed by atoms with Crippen molar-refractivity contribution in [3.63, 3.8) is 0 Å². The maximum Gasteiger partial charge on any atom is 0.140 e. The second-order valence-corrected chi connectivity index (χ2v) is 3.54. The summed E-state index contributed by atoms with van der Waals surface area (Å²) in [5.74, 6) is 0.413. The van der Waals surface area contributed by atoms with Gasteiger partial charge in [0.2, 0.25) is 0 Å². The zero-order valence-corrected chi connectivity index (χ0v) is 9.02. The van der Waals surface area contributed by atoms with E-state index in [1.165, 1.54) is 13.2 Å². The van der Waals surface area contributed by atoms with E-state index in [1.54, 1.807) is 0 Å². The van der Waals surface area contributed by atoms with Crippen molar-refractivity contribution in [3.8, 4) is 5.75 Å². The number of ether oxygens (including phenoxy) is 1. The van der Waals surface area contributed by atoms with Gasteiger partial charge in [0.15, 0.2) is 0 Å². The fourth-order valence-corrected chi connectivity index (χ4v) is 1.56. The van der Waals surface area contributed by atoms with Crippen molar-refractivity contribution in [2.75, 3.05) is 7.11 Å². The van der Waals surface area contributed by atoms with Gasteiger partial charge >= 0.3 is 0 Å². The molecule has 0 aliphatic rings. The van der Waals surface area contributed by atoms with Crippen LogP contribution in [0.3, 0.4) is 0 Å². The first-order chi connectivity index (χ1) is 5.57. The summed E-state index contributed by atoms with van der Waals surface area (Å²) in [6.45, 7) is 0. The Hall–Kier alpha value is 0.180. The van der Waals surface area contributed by atoms with E-state index in [0.29, 0.717) is 10.8 Å². The lowest BCUT2D eigenvalue weighted by Gasteiger charge is -2.06. The van der Waals surface area contributed by atoms with E-state index in [2.05, 4.69) is 0 Å². The van der Waals surface area contributed by atoms with Gasteiger partial charge in [-0.1, -0.05) is 46.4 Å². The first-order valence-electron chi connectivity index (χ1n) is 2.95. The molecule has 0 atom stereocenters. The van der Waals surface area contributed by atoms with Gasteiger partial charge in [-0.2, -0.15) is 0 Å². The summed E-state index contributed by atoms with van der Waals surface area (Å²) < 4.78 is 4.90. The molecule has 0 amide bonds. The Kier molecular flexibility index (Phi) is 3.36. The van der Waals surface area contributed by atoms with Crippen molar-refractivity contribution in [2.45, 2.75) is 0 Å². The number of benzene rings is 1. The molecule has 0 unspecified atom stereocenters. The lowest BCUT2D eigenvalue weighted by Crippen LogP contribution is -1.85. The predicted octanol–water partition coefficient (Wildman–Crippen LogP) is 4.31. The first kappa shape index (κ1) is 10.3. The van der Waals surface area contributed by atoms with Crippen LogP contribution in [0, 0.1) is 0 Å². The van der Waals surface area contributed by atoms with E-state index in [9.17, 15) is 0 Å². The number of halogens is 4. The topological polar surface area (TPSA) is 9.23 Å². The molecular formula is C7H4Cl4O. The Morgan fingerprint density at radius 2 is 1.58 bits per heavy atom. The van der Waals surface area contributed by atoms with Gasteiger partial charge in [-0.05, 0) is 0 Å². The van der Waals surface area contributed by atoms with E-state index in [4.69, 9.17) is 51.1 Å². The van der Waals surface area contributed by atoms with E-state index >= 15 is 0 Å².